The number of hydrogen-bond donors (Lipinski definition) is 1. The van der Waals surface area contributed by atoms with Gasteiger partial charge in [-0.05, 0) is 12.8 Å². The molecule has 1 N–H and O–H groups in total. The molecule has 9 heavy (non-hydrogen) atoms. The highest BCUT2D eigenvalue weighted by atomic mass is 16.4. The maximum Gasteiger partial charge on any atom is 0.138 e. The minimum absolute atomic E-state index is 0.189. The number of Topliss-reactive ketones (excluding diaryl/α,β-unsaturated/α-hetero) is 1. The van der Waals surface area contributed by atoms with E-state index >= 15 is 0 Å². The maximum atomic E-state index is 10.6. The number of carbonyl (C=O) groups is 1. The van der Waals surface area contributed by atoms with Gasteiger partial charge in [-0.3, -0.25) is 4.79 Å². The van der Waals surface area contributed by atoms with E-state index in [1.807, 2.05) is 0 Å². The zero-order valence-corrected chi connectivity index (χ0v) is 5.13. The molecule has 1 rings (SSSR count). The highest BCUT2D eigenvalue weighted by molar-refractivity contribution is 6.03. The van der Waals surface area contributed by atoms with Crippen molar-refractivity contribution in [1.82, 2.24) is 0 Å². The molecule has 50 valence electrons. The third kappa shape index (κ3) is 1.52. The van der Waals surface area contributed by atoms with Crippen LogP contribution in [0.4, 0.5) is 0 Å². The zero-order chi connectivity index (χ0) is 6.69. The fraction of sp³-hybridized carbons (Fsp3) is 0.667. The van der Waals surface area contributed by atoms with Gasteiger partial charge in [0.1, 0.15) is 5.78 Å². The van der Waals surface area contributed by atoms with E-state index < -0.39 is 0 Å². The van der Waals surface area contributed by atoms with Gasteiger partial charge in [-0.2, -0.15) is 0 Å². The van der Waals surface area contributed by atoms with Crippen LogP contribution in [0.1, 0.15) is 25.7 Å². The van der Waals surface area contributed by atoms with Crippen molar-refractivity contribution in [3.8, 4) is 0 Å². The van der Waals surface area contributed by atoms with Crippen LogP contribution in [0.5, 0.6) is 0 Å². The monoisotopic (exact) mass is 127 g/mol. The van der Waals surface area contributed by atoms with E-state index in [2.05, 4.69) is 5.16 Å². The molecule has 0 saturated heterocycles. The molecule has 0 spiro atoms. The van der Waals surface area contributed by atoms with Crippen molar-refractivity contribution in [1.29, 1.82) is 0 Å². The Morgan fingerprint density at radius 1 is 1.44 bits per heavy atom. The highest BCUT2D eigenvalue weighted by Gasteiger charge is 2.13. The first-order valence-corrected chi connectivity index (χ1v) is 3.04. The van der Waals surface area contributed by atoms with Gasteiger partial charge in [-0.25, -0.2) is 0 Å². The van der Waals surface area contributed by atoms with Gasteiger partial charge in [0.25, 0.3) is 0 Å². The molecule has 1 saturated carbocycles. The third-order valence-corrected chi connectivity index (χ3v) is 1.46. The first kappa shape index (κ1) is 6.26. The van der Waals surface area contributed by atoms with E-state index in [0.717, 1.165) is 12.8 Å². The van der Waals surface area contributed by atoms with Crippen molar-refractivity contribution in [2.75, 3.05) is 0 Å². The van der Waals surface area contributed by atoms with Crippen molar-refractivity contribution in [2.24, 2.45) is 5.16 Å². The molecule has 3 nitrogen and oxygen atoms in total. The molecule has 1 aliphatic carbocycles. The maximum absolute atomic E-state index is 10.6. The molecule has 1 fully saturated rings. The summed E-state index contributed by atoms with van der Waals surface area (Å²) in [4.78, 5) is 10.6. The Kier molecular flexibility index (Phi) is 1.82. The van der Waals surface area contributed by atoms with E-state index in [9.17, 15) is 4.79 Å². The topological polar surface area (TPSA) is 49.7 Å². The second kappa shape index (κ2) is 2.62. The van der Waals surface area contributed by atoms with Crippen LogP contribution in [0.25, 0.3) is 0 Å². The molecular weight excluding hydrogens is 118 g/mol. The smallest absolute Gasteiger partial charge is 0.138 e. The molecule has 3 heteroatoms. The van der Waals surface area contributed by atoms with Crippen LogP contribution in [0.2, 0.25) is 0 Å². The van der Waals surface area contributed by atoms with E-state index in [1.165, 1.54) is 0 Å². The summed E-state index contributed by atoms with van der Waals surface area (Å²) in [5.74, 6) is 0.189. The average Bonchev–Trinajstić information content (AvgIpc) is 1.88. The van der Waals surface area contributed by atoms with Crippen LogP contribution in [0.3, 0.4) is 0 Å². The predicted octanol–water partition coefficient (Wildman–Crippen LogP) is 0.960. The molecule has 0 amide bonds. The minimum atomic E-state index is 0.189. The van der Waals surface area contributed by atoms with Crippen molar-refractivity contribution < 1.29 is 10.0 Å². The molecule has 0 unspecified atom stereocenters. The SMILES string of the molecule is O=C1CCC/C(=N/O)C1. The minimum Gasteiger partial charge on any atom is -0.411 e. The molecule has 0 aromatic carbocycles. The van der Waals surface area contributed by atoms with Crippen LogP contribution in [-0.4, -0.2) is 16.7 Å². The van der Waals surface area contributed by atoms with Crippen LogP contribution in [0.15, 0.2) is 5.16 Å². The fourth-order valence-electron chi connectivity index (χ4n) is 0.979. The Labute approximate surface area is 53.4 Å². The van der Waals surface area contributed by atoms with E-state index in [0.29, 0.717) is 18.6 Å². The third-order valence-electron chi connectivity index (χ3n) is 1.46. The van der Waals surface area contributed by atoms with Crippen molar-refractivity contribution in [3.05, 3.63) is 0 Å². The first-order valence-electron chi connectivity index (χ1n) is 3.04. The summed E-state index contributed by atoms with van der Waals surface area (Å²) in [7, 11) is 0. The molecule has 0 radical (unpaired) electrons. The lowest BCUT2D eigenvalue weighted by Gasteiger charge is -2.08. The lowest BCUT2D eigenvalue weighted by atomic mass is 9.98. The number of nitrogens with zero attached hydrogens (tertiary/aromatic N) is 1. The standard InChI is InChI=1S/C6H9NO2/c8-6-3-1-2-5(4-6)7-9/h9H,1-4H2/b7-5-. The largest absolute Gasteiger partial charge is 0.411 e. The Balaban J connectivity index is 2.51. The second-order valence-corrected chi connectivity index (χ2v) is 2.24. The van der Waals surface area contributed by atoms with Gasteiger partial charge in [0.05, 0.1) is 5.71 Å². The Bertz CT molecular complexity index is 151. The fourth-order valence-corrected chi connectivity index (χ4v) is 0.979. The quantitative estimate of drug-likeness (QED) is 0.389. The predicted molar refractivity (Wildman–Crippen MR) is 32.7 cm³/mol. The lowest BCUT2D eigenvalue weighted by molar-refractivity contribution is -0.118. The van der Waals surface area contributed by atoms with Crippen LogP contribution in [-0.2, 0) is 4.79 Å². The molecule has 0 aliphatic heterocycles. The molecular formula is C6H9NO2. The van der Waals surface area contributed by atoms with Gasteiger partial charge in [0.15, 0.2) is 0 Å². The van der Waals surface area contributed by atoms with Crippen molar-refractivity contribution >= 4 is 11.5 Å². The van der Waals surface area contributed by atoms with E-state index in [1.54, 1.807) is 0 Å². The van der Waals surface area contributed by atoms with Crippen molar-refractivity contribution in [2.45, 2.75) is 25.7 Å². The lowest BCUT2D eigenvalue weighted by Crippen LogP contribution is -2.13. The Hall–Kier alpha value is -0.860. The van der Waals surface area contributed by atoms with E-state index in [4.69, 9.17) is 5.21 Å². The van der Waals surface area contributed by atoms with Gasteiger partial charge in [-0.1, -0.05) is 5.16 Å². The Morgan fingerprint density at radius 2 is 2.22 bits per heavy atom. The number of carbonyl (C=O) groups excluding carboxylic acids is 1. The molecule has 0 aromatic rings. The number of hydrogen-bond acceptors (Lipinski definition) is 3. The normalized spacial score (nSPS) is 24.9. The van der Waals surface area contributed by atoms with Gasteiger partial charge < -0.3 is 5.21 Å². The van der Waals surface area contributed by atoms with Gasteiger partial charge >= 0.3 is 0 Å². The Morgan fingerprint density at radius 3 is 2.67 bits per heavy atom. The summed E-state index contributed by atoms with van der Waals surface area (Å²) < 4.78 is 0. The van der Waals surface area contributed by atoms with Gasteiger partial charge in [0.2, 0.25) is 0 Å². The summed E-state index contributed by atoms with van der Waals surface area (Å²) >= 11 is 0. The van der Waals surface area contributed by atoms with Gasteiger partial charge in [-0.15, -0.1) is 0 Å². The number of rotatable bonds is 0. The molecule has 0 aromatic heterocycles. The molecule has 0 bridgehead atoms. The van der Waals surface area contributed by atoms with Crippen molar-refractivity contribution in [3.63, 3.8) is 0 Å². The number of oxime groups is 1. The summed E-state index contributed by atoms with van der Waals surface area (Å²) in [6, 6.07) is 0. The molecule has 0 atom stereocenters. The summed E-state index contributed by atoms with van der Waals surface area (Å²) in [5.41, 5.74) is 0.631. The number of ketones is 1. The average molecular weight is 127 g/mol. The summed E-state index contributed by atoms with van der Waals surface area (Å²) in [6.07, 6.45) is 2.63. The zero-order valence-electron chi connectivity index (χ0n) is 5.13. The van der Waals surface area contributed by atoms with Crippen LogP contribution >= 0.6 is 0 Å². The second-order valence-electron chi connectivity index (χ2n) is 2.24. The summed E-state index contributed by atoms with van der Waals surface area (Å²) in [6.45, 7) is 0. The summed E-state index contributed by atoms with van der Waals surface area (Å²) in [5, 5.41) is 11.2. The van der Waals surface area contributed by atoms with Crippen LogP contribution < -0.4 is 0 Å². The molecule has 0 heterocycles. The molecule has 1 aliphatic rings. The van der Waals surface area contributed by atoms with Gasteiger partial charge in [0, 0.05) is 12.8 Å². The van der Waals surface area contributed by atoms with Crippen LogP contribution in [0, 0.1) is 0 Å². The highest BCUT2D eigenvalue weighted by Crippen LogP contribution is 2.10. The van der Waals surface area contributed by atoms with E-state index in [-0.39, 0.29) is 5.78 Å². The first-order chi connectivity index (χ1) is 4.33.